The highest BCUT2D eigenvalue weighted by molar-refractivity contribution is 7.92. The van der Waals surface area contributed by atoms with Gasteiger partial charge in [0.05, 0.1) is 18.0 Å². The van der Waals surface area contributed by atoms with E-state index in [0.717, 1.165) is 35.8 Å². The topological polar surface area (TPSA) is 66.5 Å². The predicted octanol–water partition coefficient (Wildman–Crippen LogP) is 4.21. The Morgan fingerprint density at radius 3 is 2.17 bits per heavy atom. The molecule has 2 unspecified atom stereocenters. The van der Waals surface area contributed by atoms with Crippen LogP contribution in [-0.4, -0.2) is 26.6 Å². The van der Waals surface area contributed by atoms with Crippen molar-refractivity contribution in [2.24, 2.45) is 0 Å². The largest absolute Gasteiger partial charge is 0.348 e. The van der Waals surface area contributed by atoms with Crippen molar-refractivity contribution >= 4 is 21.6 Å². The summed E-state index contributed by atoms with van der Waals surface area (Å²) in [6.45, 7) is 7.41. The third kappa shape index (κ3) is 5.04. The first-order valence-corrected chi connectivity index (χ1v) is 12.4. The maximum Gasteiger partial charge on any atom is 0.244 e. The lowest BCUT2D eigenvalue weighted by molar-refractivity contribution is -0.122. The van der Waals surface area contributed by atoms with E-state index in [1.54, 1.807) is 19.1 Å². The summed E-state index contributed by atoms with van der Waals surface area (Å²) in [7, 11) is -3.64. The zero-order chi connectivity index (χ0) is 22.1. The summed E-state index contributed by atoms with van der Waals surface area (Å²) in [5, 5.41) is 3.01. The van der Waals surface area contributed by atoms with Gasteiger partial charge in [0.25, 0.3) is 0 Å². The molecule has 2 atom stereocenters. The molecule has 2 aromatic rings. The molecule has 6 heteroatoms. The van der Waals surface area contributed by atoms with Gasteiger partial charge in [-0.05, 0) is 93.3 Å². The van der Waals surface area contributed by atoms with E-state index in [1.165, 1.54) is 28.3 Å². The number of sulfonamides is 1. The lowest BCUT2D eigenvalue weighted by atomic mass is 9.89. The van der Waals surface area contributed by atoms with Gasteiger partial charge in [-0.2, -0.15) is 0 Å². The van der Waals surface area contributed by atoms with Crippen LogP contribution in [0.3, 0.4) is 0 Å². The number of nitrogens with one attached hydrogen (secondary N) is 1. The number of fused-ring (bicyclic) bond motifs is 1. The first-order chi connectivity index (χ1) is 14.1. The number of carbonyl (C=O) groups excluding carboxylic acids is 1. The van der Waals surface area contributed by atoms with E-state index in [9.17, 15) is 13.2 Å². The minimum Gasteiger partial charge on any atom is -0.348 e. The summed E-state index contributed by atoms with van der Waals surface area (Å²) in [6, 6.07) is 10.9. The van der Waals surface area contributed by atoms with E-state index in [4.69, 9.17) is 0 Å². The standard InChI is InChI=1S/C24H32N2O3S/c1-16-12-17(2)14-23(13-16)26(30(5,28)29)19(4)24(27)25-18(3)21-11-10-20-8-6-7-9-22(20)15-21/h10-15,18-19H,6-9H2,1-5H3,(H,25,27). The zero-order valence-corrected chi connectivity index (χ0v) is 19.3. The van der Waals surface area contributed by atoms with Gasteiger partial charge in [0.1, 0.15) is 6.04 Å². The van der Waals surface area contributed by atoms with E-state index in [1.807, 2.05) is 26.8 Å². The second kappa shape index (κ2) is 8.80. The summed E-state index contributed by atoms with van der Waals surface area (Å²) >= 11 is 0. The summed E-state index contributed by atoms with van der Waals surface area (Å²) in [4.78, 5) is 13.0. The third-order valence-corrected chi connectivity index (χ3v) is 7.02. The molecule has 30 heavy (non-hydrogen) atoms. The van der Waals surface area contributed by atoms with Crippen LogP contribution in [0.25, 0.3) is 0 Å². The molecule has 3 rings (SSSR count). The Hall–Kier alpha value is -2.34. The summed E-state index contributed by atoms with van der Waals surface area (Å²) in [6.07, 6.45) is 5.77. The first-order valence-electron chi connectivity index (χ1n) is 10.6. The third-order valence-electron chi connectivity index (χ3n) is 5.78. The van der Waals surface area contributed by atoms with Gasteiger partial charge in [-0.3, -0.25) is 9.10 Å². The lowest BCUT2D eigenvalue weighted by Crippen LogP contribution is -2.48. The Kier molecular flexibility index (Phi) is 6.56. The van der Waals surface area contributed by atoms with Crippen molar-refractivity contribution in [3.63, 3.8) is 0 Å². The minimum absolute atomic E-state index is 0.201. The lowest BCUT2D eigenvalue weighted by Gasteiger charge is -2.30. The van der Waals surface area contributed by atoms with Gasteiger partial charge >= 0.3 is 0 Å². The molecule has 0 aliphatic heterocycles. The fourth-order valence-corrected chi connectivity index (χ4v) is 5.49. The highest BCUT2D eigenvalue weighted by Gasteiger charge is 2.30. The van der Waals surface area contributed by atoms with Crippen LogP contribution >= 0.6 is 0 Å². The molecule has 162 valence electrons. The summed E-state index contributed by atoms with van der Waals surface area (Å²) < 4.78 is 26.3. The first kappa shape index (κ1) is 22.3. The number of carbonyl (C=O) groups is 1. The molecule has 1 N–H and O–H groups in total. The Bertz CT molecular complexity index is 1030. The predicted molar refractivity (Wildman–Crippen MR) is 122 cm³/mol. The number of hydrogen-bond donors (Lipinski definition) is 1. The Labute approximate surface area is 180 Å². The van der Waals surface area contributed by atoms with Crippen LogP contribution in [0.2, 0.25) is 0 Å². The SMILES string of the molecule is Cc1cc(C)cc(N(C(C)C(=O)NC(C)c2ccc3c(c2)CCCC3)S(C)(=O)=O)c1. The van der Waals surface area contributed by atoms with Crippen molar-refractivity contribution in [2.75, 3.05) is 10.6 Å². The monoisotopic (exact) mass is 428 g/mol. The molecule has 0 saturated carbocycles. The Morgan fingerprint density at radius 2 is 1.57 bits per heavy atom. The van der Waals surface area contributed by atoms with Crippen molar-refractivity contribution in [1.29, 1.82) is 0 Å². The highest BCUT2D eigenvalue weighted by atomic mass is 32.2. The molecule has 1 amide bonds. The van der Waals surface area contributed by atoms with Crippen LogP contribution < -0.4 is 9.62 Å². The number of amides is 1. The Morgan fingerprint density at radius 1 is 0.967 bits per heavy atom. The zero-order valence-electron chi connectivity index (χ0n) is 18.5. The van der Waals surface area contributed by atoms with Crippen LogP contribution in [0.15, 0.2) is 36.4 Å². The molecule has 0 radical (unpaired) electrons. The Balaban J connectivity index is 1.81. The van der Waals surface area contributed by atoms with Crippen LogP contribution in [0.5, 0.6) is 0 Å². The maximum absolute atomic E-state index is 13.0. The fraction of sp³-hybridized carbons (Fsp3) is 0.458. The van der Waals surface area contributed by atoms with E-state index in [-0.39, 0.29) is 11.9 Å². The molecule has 0 heterocycles. The van der Waals surface area contributed by atoms with Crippen LogP contribution in [0.1, 0.15) is 60.5 Å². The molecule has 2 aromatic carbocycles. The van der Waals surface area contributed by atoms with E-state index >= 15 is 0 Å². The number of hydrogen-bond acceptors (Lipinski definition) is 3. The smallest absolute Gasteiger partial charge is 0.244 e. The average molecular weight is 429 g/mol. The number of rotatable bonds is 6. The molecule has 0 spiro atoms. The van der Waals surface area contributed by atoms with Gasteiger partial charge in [-0.25, -0.2) is 8.42 Å². The summed E-state index contributed by atoms with van der Waals surface area (Å²) in [5.74, 6) is -0.315. The van der Waals surface area contributed by atoms with Crippen LogP contribution in [-0.2, 0) is 27.7 Å². The fourth-order valence-electron chi connectivity index (χ4n) is 4.33. The molecule has 0 saturated heterocycles. The van der Waals surface area contributed by atoms with E-state index in [0.29, 0.717) is 5.69 Å². The van der Waals surface area contributed by atoms with Gasteiger partial charge in [-0.15, -0.1) is 0 Å². The number of nitrogens with zero attached hydrogens (tertiary/aromatic N) is 1. The van der Waals surface area contributed by atoms with E-state index in [2.05, 4.69) is 23.5 Å². The number of anilines is 1. The second-order valence-electron chi connectivity index (χ2n) is 8.55. The van der Waals surface area contributed by atoms with Crippen molar-refractivity contribution in [3.05, 3.63) is 64.2 Å². The molecule has 5 nitrogen and oxygen atoms in total. The second-order valence-corrected chi connectivity index (χ2v) is 10.4. The number of benzene rings is 2. The molecule has 0 aromatic heterocycles. The van der Waals surface area contributed by atoms with Gasteiger partial charge in [0.15, 0.2) is 0 Å². The van der Waals surface area contributed by atoms with Crippen LogP contribution in [0.4, 0.5) is 5.69 Å². The van der Waals surface area contributed by atoms with Gasteiger partial charge in [0, 0.05) is 0 Å². The highest BCUT2D eigenvalue weighted by Crippen LogP contribution is 2.26. The van der Waals surface area contributed by atoms with Crippen molar-refractivity contribution in [2.45, 2.75) is 65.5 Å². The number of aryl methyl sites for hydroxylation is 4. The van der Waals surface area contributed by atoms with Crippen LogP contribution in [0, 0.1) is 13.8 Å². The molecular weight excluding hydrogens is 396 g/mol. The van der Waals surface area contributed by atoms with Gasteiger partial charge < -0.3 is 5.32 Å². The van der Waals surface area contributed by atoms with Gasteiger partial charge in [0.2, 0.25) is 15.9 Å². The quantitative estimate of drug-likeness (QED) is 0.749. The average Bonchev–Trinajstić information content (AvgIpc) is 2.65. The van der Waals surface area contributed by atoms with E-state index < -0.39 is 16.1 Å². The molecular formula is C24H32N2O3S. The van der Waals surface area contributed by atoms with Crippen molar-refractivity contribution < 1.29 is 13.2 Å². The van der Waals surface area contributed by atoms with Crippen molar-refractivity contribution in [1.82, 2.24) is 5.32 Å². The van der Waals surface area contributed by atoms with Gasteiger partial charge in [-0.1, -0.05) is 24.3 Å². The summed E-state index contributed by atoms with van der Waals surface area (Å²) in [5.41, 5.74) is 6.23. The molecule has 0 fully saturated rings. The molecule has 1 aliphatic rings. The molecule has 0 bridgehead atoms. The molecule has 1 aliphatic carbocycles. The maximum atomic E-state index is 13.0. The van der Waals surface area contributed by atoms with Crippen molar-refractivity contribution in [3.8, 4) is 0 Å². The normalized spacial score (nSPS) is 15.8. The minimum atomic E-state index is -3.64.